The molecule has 0 spiro atoms. The van der Waals surface area contributed by atoms with Gasteiger partial charge in [0.05, 0.1) is 11.8 Å². The van der Waals surface area contributed by atoms with Crippen LogP contribution in [0.4, 0.5) is 0 Å². The fourth-order valence-corrected chi connectivity index (χ4v) is 1.49. The van der Waals surface area contributed by atoms with E-state index in [0.29, 0.717) is 6.42 Å². The van der Waals surface area contributed by atoms with Crippen LogP contribution in [-0.4, -0.2) is 14.9 Å². The summed E-state index contributed by atoms with van der Waals surface area (Å²) in [5, 5.41) is 13.9. The summed E-state index contributed by atoms with van der Waals surface area (Å²) in [7, 11) is 1.86. The Morgan fingerprint density at radius 2 is 2.23 bits per heavy atom. The quantitative estimate of drug-likeness (QED) is 0.688. The molecule has 1 atom stereocenters. The number of terminal acetylenes is 1. The number of nitrogens with zero attached hydrogens (tertiary/aromatic N) is 2. The highest BCUT2D eigenvalue weighted by molar-refractivity contribution is 5.27. The maximum Gasteiger partial charge on any atom is 0.0934 e. The molecule has 13 heavy (non-hydrogen) atoms. The fraction of sp³-hybridized carbons (Fsp3) is 0.500. The molecule has 1 aromatic heterocycles. The van der Waals surface area contributed by atoms with Crippen molar-refractivity contribution in [2.45, 2.75) is 26.4 Å². The highest BCUT2D eigenvalue weighted by Crippen LogP contribution is 2.22. The normalized spacial score (nSPS) is 12.5. The van der Waals surface area contributed by atoms with Crippen molar-refractivity contribution in [2.75, 3.05) is 0 Å². The lowest BCUT2D eigenvalue weighted by Gasteiger charge is -2.07. The second-order valence-corrected chi connectivity index (χ2v) is 3.13. The summed E-state index contributed by atoms with van der Waals surface area (Å²) in [6.07, 6.45) is 4.89. The molecular formula is C10H14N2O. The molecule has 0 fully saturated rings. The molecule has 3 heteroatoms. The lowest BCUT2D eigenvalue weighted by atomic mass is 10.1. The summed E-state index contributed by atoms with van der Waals surface area (Å²) in [5.74, 6) is 2.44. The minimum atomic E-state index is -0.585. The molecule has 0 aliphatic carbocycles. The first kappa shape index (κ1) is 9.82. The van der Waals surface area contributed by atoms with Crippen molar-refractivity contribution >= 4 is 0 Å². The Hall–Kier alpha value is -1.27. The van der Waals surface area contributed by atoms with Gasteiger partial charge in [-0.1, -0.05) is 0 Å². The Balaban J connectivity index is 3.07. The van der Waals surface area contributed by atoms with Crippen LogP contribution in [0.3, 0.4) is 0 Å². The van der Waals surface area contributed by atoms with Crippen LogP contribution in [0.1, 0.15) is 29.5 Å². The molecule has 0 saturated carbocycles. The Morgan fingerprint density at radius 1 is 1.62 bits per heavy atom. The van der Waals surface area contributed by atoms with Gasteiger partial charge >= 0.3 is 0 Å². The van der Waals surface area contributed by atoms with Gasteiger partial charge in [-0.2, -0.15) is 5.10 Å². The zero-order chi connectivity index (χ0) is 10.0. The lowest BCUT2D eigenvalue weighted by Crippen LogP contribution is -2.00. The molecule has 0 radical (unpaired) electrons. The molecule has 1 N–H and O–H groups in total. The van der Waals surface area contributed by atoms with Gasteiger partial charge in [-0.05, 0) is 13.8 Å². The third kappa shape index (κ3) is 1.73. The van der Waals surface area contributed by atoms with Gasteiger partial charge in [-0.25, -0.2) is 0 Å². The molecule has 0 amide bonds. The van der Waals surface area contributed by atoms with Crippen molar-refractivity contribution in [3.8, 4) is 12.3 Å². The maximum atomic E-state index is 9.70. The van der Waals surface area contributed by atoms with Gasteiger partial charge in [-0.15, -0.1) is 12.3 Å². The summed E-state index contributed by atoms with van der Waals surface area (Å²) >= 11 is 0. The monoisotopic (exact) mass is 178 g/mol. The summed E-state index contributed by atoms with van der Waals surface area (Å²) in [6.45, 7) is 3.80. The molecule has 0 aliphatic rings. The first-order chi connectivity index (χ1) is 6.07. The predicted molar refractivity (Wildman–Crippen MR) is 51.1 cm³/mol. The summed E-state index contributed by atoms with van der Waals surface area (Å²) in [5.41, 5.74) is 2.68. The molecule has 1 unspecified atom stereocenters. The van der Waals surface area contributed by atoms with Crippen molar-refractivity contribution in [3.05, 3.63) is 17.0 Å². The van der Waals surface area contributed by atoms with Crippen LogP contribution in [0, 0.1) is 26.2 Å². The summed E-state index contributed by atoms with van der Waals surface area (Å²) in [6, 6.07) is 0. The smallest absolute Gasteiger partial charge is 0.0934 e. The molecule has 0 bridgehead atoms. The summed E-state index contributed by atoms with van der Waals surface area (Å²) < 4.78 is 1.75. The average Bonchev–Trinajstić information content (AvgIpc) is 2.27. The number of aromatic nitrogens is 2. The van der Waals surface area contributed by atoms with Crippen molar-refractivity contribution in [1.29, 1.82) is 0 Å². The van der Waals surface area contributed by atoms with Crippen molar-refractivity contribution in [2.24, 2.45) is 7.05 Å². The van der Waals surface area contributed by atoms with Crippen molar-refractivity contribution in [3.63, 3.8) is 0 Å². The Bertz CT molecular complexity index is 347. The number of aliphatic hydroxyl groups is 1. The van der Waals surface area contributed by atoms with E-state index >= 15 is 0 Å². The van der Waals surface area contributed by atoms with E-state index in [-0.39, 0.29) is 0 Å². The van der Waals surface area contributed by atoms with Gasteiger partial charge in [0.2, 0.25) is 0 Å². The highest BCUT2D eigenvalue weighted by atomic mass is 16.3. The van der Waals surface area contributed by atoms with Gasteiger partial charge in [0.25, 0.3) is 0 Å². The van der Waals surface area contributed by atoms with Gasteiger partial charge in [0.1, 0.15) is 0 Å². The van der Waals surface area contributed by atoms with Crippen LogP contribution in [0.5, 0.6) is 0 Å². The van der Waals surface area contributed by atoms with Gasteiger partial charge in [0, 0.05) is 24.7 Å². The minimum Gasteiger partial charge on any atom is -0.387 e. The van der Waals surface area contributed by atoms with E-state index in [2.05, 4.69) is 11.0 Å². The lowest BCUT2D eigenvalue weighted by molar-refractivity contribution is 0.182. The average molecular weight is 178 g/mol. The van der Waals surface area contributed by atoms with Crippen LogP contribution in [0.25, 0.3) is 0 Å². The number of hydrogen-bond donors (Lipinski definition) is 1. The molecule has 1 rings (SSSR count). The maximum absolute atomic E-state index is 9.70. The Morgan fingerprint density at radius 3 is 2.62 bits per heavy atom. The zero-order valence-corrected chi connectivity index (χ0v) is 8.20. The second-order valence-electron chi connectivity index (χ2n) is 3.13. The van der Waals surface area contributed by atoms with Gasteiger partial charge in [-0.3, -0.25) is 4.68 Å². The predicted octanol–water partition coefficient (Wildman–Crippen LogP) is 1.09. The SMILES string of the molecule is C#CCC(O)c1c(C)nn(C)c1C. The molecule has 0 aliphatic heterocycles. The number of rotatable bonds is 2. The zero-order valence-electron chi connectivity index (χ0n) is 8.20. The van der Waals surface area contributed by atoms with Crippen LogP contribution >= 0.6 is 0 Å². The van der Waals surface area contributed by atoms with E-state index in [1.54, 1.807) is 4.68 Å². The fourth-order valence-electron chi connectivity index (χ4n) is 1.49. The van der Waals surface area contributed by atoms with E-state index in [1.807, 2.05) is 20.9 Å². The largest absolute Gasteiger partial charge is 0.387 e. The third-order valence-electron chi connectivity index (χ3n) is 2.21. The van der Waals surface area contributed by atoms with Crippen LogP contribution in [-0.2, 0) is 7.05 Å². The van der Waals surface area contributed by atoms with E-state index < -0.39 is 6.10 Å². The van der Waals surface area contributed by atoms with E-state index in [4.69, 9.17) is 6.42 Å². The van der Waals surface area contributed by atoms with Gasteiger partial charge < -0.3 is 5.11 Å². The van der Waals surface area contributed by atoms with Crippen molar-refractivity contribution < 1.29 is 5.11 Å². The number of aliphatic hydroxyl groups excluding tert-OH is 1. The Kier molecular flexibility index (Phi) is 2.74. The van der Waals surface area contributed by atoms with E-state index in [1.165, 1.54) is 0 Å². The van der Waals surface area contributed by atoms with E-state index in [9.17, 15) is 5.11 Å². The summed E-state index contributed by atoms with van der Waals surface area (Å²) in [4.78, 5) is 0. The third-order valence-corrected chi connectivity index (χ3v) is 2.21. The highest BCUT2D eigenvalue weighted by Gasteiger charge is 2.16. The number of aryl methyl sites for hydroxylation is 2. The van der Waals surface area contributed by atoms with Crippen LogP contribution in [0.2, 0.25) is 0 Å². The molecule has 70 valence electrons. The minimum absolute atomic E-state index is 0.341. The van der Waals surface area contributed by atoms with Crippen molar-refractivity contribution in [1.82, 2.24) is 9.78 Å². The first-order valence-electron chi connectivity index (χ1n) is 4.19. The second kappa shape index (κ2) is 3.63. The molecule has 0 saturated heterocycles. The molecule has 0 aromatic carbocycles. The molecule has 1 aromatic rings. The Labute approximate surface area is 78.4 Å². The standard InChI is InChI=1S/C10H14N2O/c1-5-6-9(13)10-7(2)11-12(4)8(10)3/h1,9,13H,6H2,2-4H3. The van der Waals surface area contributed by atoms with Crippen LogP contribution in [0.15, 0.2) is 0 Å². The molecule has 1 heterocycles. The topological polar surface area (TPSA) is 38.1 Å². The van der Waals surface area contributed by atoms with E-state index in [0.717, 1.165) is 17.0 Å². The first-order valence-corrected chi connectivity index (χ1v) is 4.19. The van der Waals surface area contributed by atoms with Crippen LogP contribution < -0.4 is 0 Å². The molecular weight excluding hydrogens is 164 g/mol. The van der Waals surface area contributed by atoms with Gasteiger partial charge in [0.15, 0.2) is 0 Å². The molecule has 3 nitrogen and oxygen atoms in total. The number of hydrogen-bond acceptors (Lipinski definition) is 2.